The third kappa shape index (κ3) is 5.03. The van der Waals surface area contributed by atoms with E-state index in [9.17, 15) is 14.8 Å². The zero-order valence-electron chi connectivity index (χ0n) is 16.2. The van der Waals surface area contributed by atoms with Crippen molar-refractivity contribution in [2.24, 2.45) is 0 Å². The number of carbonyl (C=O) groups is 2. The van der Waals surface area contributed by atoms with E-state index in [1.807, 2.05) is 44.2 Å². The summed E-state index contributed by atoms with van der Waals surface area (Å²) >= 11 is 5.92. The van der Waals surface area contributed by atoms with Gasteiger partial charge in [0.05, 0.1) is 5.56 Å². The second-order valence-corrected chi connectivity index (χ2v) is 7.20. The Morgan fingerprint density at radius 1 is 1.10 bits per heavy atom. The number of hydrogen-bond donors (Lipinski definition) is 0. The molecule has 2 aromatic heterocycles. The number of halogens is 1. The molecule has 6 nitrogen and oxygen atoms in total. The largest absolute Gasteiger partial charge is 0.619 e. The molecule has 3 rings (SSSR count). The predicted molar refractivity (Wildman–Crippen MR) is 109 cm³/mol. The number of carbonyl (C=O) groups excluding carboxylic acids is 2. The van der Waals surface area contributed by atoms with Crippen LogP contribution < -0.4 is 4.73 Å². The molecule has 7 heteroatoms. The quantitative estimate of drug-likeness (QED) is 0.257. The lowest BCUT2D eigenvalue weighted by Crippen LogP contribution is -2.24. The Balaban J connectivity index is 1.63. The summed E-state index contributed by atoms with van der Waals surface area (Å²) in [5.74, 6) is -0.908. The van der Waals surface area contributed by atoms with E-state index in [2.05, 4.69) is 4.57 Å². The highest BCUT2D eigenvalue weighted by molar-refractivity contribution is 6.30. The molecule has 0 aliphatic carbocycles. The van der Waals surface area contributed by atoms with Crippen LogP contribution in [0.15, 0.2) is 54.9 Å². The van der Waals surface area contributed by atoms with Crippen LogP contribution in [0.25, 0.3) is 0 Å². The van der Waals surface area contributed by atoms with E-state index in [1.54, 1.807) is 0 Å². The first kappa shape index (κ1) is 20.6. The maximum atomic E-state index is 12.6. The van der Waals surface area contributed by atoms with Gasteiger partial charge in [0.2, 0.25) is 5.78 Å². The van der Waals surface area contributed by atoms with Crippen molar-refractivity contribution in [3.63, 3.8) is 0 Å². The van der Waals surface area contributed by atoms with E-state index in [-0.39, 0.29) is 18.0 Å². The Morgan fingerprint density at radius 2 is 1.76 bits per heavy atom. The van der Waals surface area contributed by atoms with Gasteiger partial charge in [-0.1, -0.05) is 23.7 Å². The average molecular weight is 413 g/mol. The third-order valence-corrected chi connectivity index (χ3v) is 5.04. The lowest BCUT2D eigenvalue weighted by atomic mass is 10.1. The van der Waals surface area contributed by atoms with Gasteiger partial charge in [0.25, 0.3) is 0 Å². The maximum absolute atomic E-state index is 12.6. The van der Waals surface area contributed by atoms with Crippen molar-refractivity contribution in [1.29, 1.82) is 0 Å². The third-order valence-electron chi connectivity index (χ3n) is 4.78. The van der Waals surface area contributed by atoms with E-state index in [0.717, 1.165) is 29.9 Å². The van der Waals surface area contributed by atoms with Crippen LogP contribution in [0, 0.1) is 19.1 Å². The summed E-state index contributed by atoms with van der Waals surface area (Å²) < 4.78 is 7.75. The van der Waals surface area contributed by atoms with Gasteiger partial charge in [-0.2, -0.15) is 4.73 Å². The monoisotopic (exact) mass is 412 g/mol. The molecular weight excluding hydrogens is 392 g/mol. The van der Waals surface area contributed by atoms with Gasteiger partial charge in [-0.05, 0) is 44.0 Å². The van der Waals surface area contributed by atoms with Crippen molar-refractivity contribution in [2.45, 2.75) is 26.8 Å². The van der Waals surface area contributed by atoms with Gasteiger partial charge >= 0.3 is 5.97 Å². The molecule has 0 bridgehead atoms. The fourth-order valence-electron chi connectivity index (χ4n) is 3.16. The number of nitrogens with zero attached hydrogens (tertiary/aromatic N) is 2. The SMILES string of the molecule is Cc1cc(C(=O)COC(=O)c2cc[n+]([O-])cc2)c(C)n1CCc1ccc(Cl)cc1. The molecule has 0 amide bonds. The Bertz CT molecular complexity index is 1020. The summed E-state index contributed by atoms with van der Waals surface area (Å²) in [4.78, 5) is 24.6. The molecule has 2 heterocycles. The summed E-state index contributed by atoms with van der Waals surface area (Å²) in [6.07, 6.45) is 3.21. The van der Waals surface area contributed by atoms with Gasteiger partial charge in [0.15, 0.2) is 19.0 Å². The van der Waals surface area contributed by atoms with Gasteiger partial charge < -0.3 is 14.5 Å². The van der Waals surface area contributed by atoms with E-state index in [1.165, 1.54) is 24.5 Å². The van der Waals surface area contributed by atoms with Crippen molar-refractivity contribution in [1.82, 2.24) is 4.57 Å². The molecule has 0 atom stereocenters. The molecule has 0 aliphatic heterocycles. The standard InChI is InChI=1S/C22H21ClN2O4/c1-15-13-20(16(2)25(15)12-7-17-3-5-19(23)6-4-17)21(26)14-29-22(27)18-8-10-24(28)11-9-18/h3-6,8-11,13H,7,12,14H2,1-2H3. The molecule has 0 unspecified atom stereocenters. The number of Topliss-reactive ketones (excluding diaryl/α,β-unsaturated/α-hetero) is 1. The minimum atomic E-state index is -0.643. The zero-order chi connectivity index (χ0) is 21.0. The van der Waals surface area contributed by atoms with Crippen molar-refractivity contribution >= 4 is 23.4 Å². The van der Waals surface area contributed by atoms with Crippen LogP contribution in [0.2, 0.25) is 5.02 Å². The fraction of sp³-hybridized carbons (Fsp3) is 0.227. The van der Waals surface area contributed by atoms with Gasteiger partial charge in [0.1, 0.15) is 0 Å². The van der Waals surface area contributed by atoms with Crippen molar-refractivity contribution in [3.05, 3.63) is 93.2 Å². The normalized spacial score (nSPS) is 10.7. The molecule has 0 saturated heterocycles. The second-order valence-electron chi connectivity index (χ2n) is 6.76. The second kappa shape index (κ2) is 8.92. The Morgan fingerprint density at radius 3 is 2.41 bits per heavy atom. The first-order valence-electron chi connectivity index (χ1n) is 9.15. The number of pyridine rings is 1. The minimum absolute atomic E-state index is 0.221. The predicted octanol–water partition coefficient (Wildman–Crippen LogP) is 3.67. The summed E-state index contributed by atoms with van der Waals surface area (Å²) in [7, 11) is 0. The van der Waals surface area contributed by atoms with Crippen LogP contribution >= 0.6 is 11.6 Å². The van der Waals surface area contributed by atoms with E-state index < -0.39 is 5.97 Å². The van der Waals surface area contributed by atoms with E-state index in [0.29, 0.717) is 15.3 Å². The number of hydrogen-bond acceptors (Lipinski definition) is 4. The van der Waals surface area contributed by atoms with Crippen molar-refractivity contribution < 1.29 is 19.1 Å². The van der Waals surface area contributed by atoms with Crippen LogP contribution in [-0.4, -0.2) is 22.9 Å². The lowest BCUT2D eigenvalue weighted by molar-refractivity contribution is -0.605. The van der Waals surface area contributed by atoms with Crippen molar-refractivity contribution in [2.75, 3.05) is 6.61 Å². The molecular formula is C22H21ClN2O4. The molecule has 150 valence electrons. The number of rotatable bonds is 7. The van der Waals surface area contributed by atoms with Gasteiger partial charge in [-0.15, -0.1) is 0 Å². The Hall–Kier alpha value is -3.12. The van der Waals surface area contributed by atoms with Crippen LogP contribution in [0.3, 0.4) is 0 Å². The van der Waals surface area contributed by atoms with Crippen LogP contribution in [0.4, 0.5) is 0 Å². The molecule has 0 saturated carbocycles. The lowest BCUT2D eigenvalue weighted by Gasteiger charge is -2.10. The fourth-order valence-corrected chi connectivity index (χ4v) is 3.29. The molecule has 0 fully saturated rings. The number of esters is 1. The van der Waals surface area contributed by atoms with Crippen LogP contribution in [0.5, 0.6) is 0 Å². The molecule has 3 aromatic rings. The van der Waals surface area contributed by atoms with Crippen LogP contribution in [0.1, 0.15) is 37.7 Å². The summed E-state index contributed by atoms with van der Waals surface area (Å²) in [5, 5.41) is 11.7. The number of ether oxygens (including phenoxy) is 1. The molecule has 1 aromatic carbocycles. The molecule has 0 aliphatic rings. The number of aryl methyl sites for hydroxylation is 2. The highest BCUT2D eigenvalue weighted by Gasteiger charge is 2.18. The summed E-state index contributed by atoms with van der Waals surface area (Å²) in [6, 6.07) is 12.2. The van der Waals surface area contributed by atoms with Gasteiger partial charge in [0, 0.05) is 40.7 Å². The summed E-state index contributed by atoms with van der Waals surface area (Å²) in [5.41, 5.74) is 3.72. The van der Waals surface area contributed by atoms with Gasteiger partial charge in [-0.25, -0.2) is 4.79 Å². The van der Waals surface area contributed by atoms with E-state index in [4.69, 9.17) is 16.3 Å². The molecule has 0 spiro atoms. The topological polar surface area (TPSA) is 75.2 Å². The highest BCUT2D eigenvalue weighted by atomic mass is 35.5. The average Bonchev–Trinajstić information content (AvgIpc) is 3.00. The number of aromatic nitrogens is 2. The number of ketones is 1. The Labute approximate surface area is 173 Å². The van der Waals surface area contributed by atoms with Crippen molar-refractivity contribution in [3.8, 4) is 0 Å². The minimum Gasteiger partial charge on any atom is -0.619 e. The molecule has 0 radical (unpaired) electrons. The first-order chi connectivity index (χ1) is 13.8. The van der Waals surface area contributed by atoms with Crippen LogP contribution in [-0.2, 0) is 17.7 Å². The number of benzene rings is 1. The Kier molecular flexibility index (Phi) is 6.34. The summed E-state index contributed by atoms with van der Waals surface area (Å²) in [6.45, 7) is 4.20. The van der Waals surface area contributed by atoms with Gasteiger partial charge in [-0.3, -0.25) is 4.79 Å². The zero-order valence-corrected chi connectivity index (χ0v) is 17.0. The molecule has 0 N–H and O–H groups in total. The highest BCUT2D eigenvalue weighted by Crippen LogP contribution is 2.18. The maximum Gasteiger partial charge on any atom is 0.339 e. The molecule has 29 heavy (non-hydrogen) atoms. The first-order valence-corrected chi connectivity index (χ1v) is 9.53. The smallest absolute Gasteiger partial charge is 0.339 e. The van der Waals surface area contributed by atoms with E-state index >= 15 is 0 Å².